The van der Waals surface area contributed by atoms with Crippen molar-refractivity contribution in [3.05, 3.63) is 35.6 Å². The molecule has 0 saturated heterocycles. The van der Waals surface area contributed by atoms with Crippen molar-refractivity contribution < 1.29 is 4.79 Å². The summed E-state index contributed by atoms with van der Waals surface area (Å²) in [5.41, 5.74) is 1.39. The number of carbonyl (C=O) groups excluding carboxylic acids is 1. The molecule has 0 unspecified atom stereocenters. The zero-order valence-corrected chi connectivity index (χ0v) is 10.4. The summed E-state index contributed by atoms with van der Waals surface area (Å²) in [4.78, 5) is 20.0. The Balaban J connectivity index is 1.67. The van der Waals surface area contributed by atoms with Gasteiger partial charge in [0.15, 0.2) is 5.13 Å². The number of anilines is 2. The minimum Gasteiger partial charge on any atom is -0.348 e. The molecule has 1 amide bonds. The fourth-order valence-corrected chi connectivity index (χ4v) is 2.19. The number of hydrogen-bond donors (Lipinski definition) is 2. The molecule has 3 rings (SSSR count). The third kappa shape index (κ3) is 2.65. The van der Waals surface area contributed by atoms with Crippen molar-refractivity contribution >= 4 is 28.1 Å². The lowest BCUT2D eigenvalue weighted by molar-refractivity contribution is 0.0947. The number of carbonyl (C=O) groups is 1. The van der Waals surface area contributed by atoms with E-state index in [0.29, 0.717) is 16.9 Å². The molecule has 2 heterocycles. The number of thiazole rings is 1. The normalized spacial score (nSPS) is 14.2. The summed E-state index contributed by atoms with van der Waals surface area (Å²) >= 11 is 1.42. The number of hydrogen-bond acceptors (Lipinski definition) is 5. The van der Waals surface area contributed by atoms with Crippen LogP contribution in [-0.2, 0) is 0 Å². The highest BCUT2D eigenvalue weighted by molar-refractivity contribution is 7.14. The first kappa shape index (κ1) is 11.2. The second-order valence-corrected chi connectivity index (χ2v) is 5.00. The molecule has 0 radical (unpaired) electrons. The van der Waals surface area contributed by atoms with Gasteiger partial charge in [-0.1, -0.05) is 0 Å². The number of amides is 1. The Kier molecular flexibility index (Phi) is 2.93. The summed E-state index contributed by atoms with van der Waals surface area (Å²) in [6, 6.07) is 4.06. The standard InChI is InChI=1S/C12H12N4OS/c17-11(14-8-1-2-8)10-7-18-12(16-10)15-9-3-5-13-6-4-9/h3-8H,1-2H2,(H,14,17)(H,13,15,16). The first-order valence-corrected chi connectivity index (χ1v) is 6.63. The molecule has 2 N–H and O–H groups in total. The van der Waals surface area contributed by atoms with Gasteiger partial charge in [0.05, 0.1) is 0 Å². The maximum atomic E-state index is 11.8. The Bertz CT molecular complexity index is 550. The van der Waals surface area contributed by atoms with Gasteiger partial charge in [-0.05, 0) is 25.0 Å². The van der Waals surface area contributed by atoms with Gasteiger partial charge < -0.3 is 10.6 Å². The molecule has 1 fully saturated rings. The highest BCUT2D eigenvalue weighted by Gasteiger charge is 2.24. The van der Waals surface area contributed by atoms with E-state index < -0.39 is 0 Å². The molecule has 0 bridgehead atoms. The SMILES string of the molecule is O=C(NC1CC1)c1csc(Nc2ccncc2)n1. The molecule has 18 heavy (non-hydrogen) atoms. The van der Waals surface area contributed by atoms with Crippen LogP contribution in [0.1, 0.15) is 23.3 Å². The van der Waals surface area contributed by atoms with Crippen LogP contribution in [0.25, 0.3) is 0 Å². The van der Waals surface area contributed by atoms with Crippen molar-refractivity contribution in [1.29, 1.82) is 0 Å². The quantitative estimate of drug-likeness (QED) is 0.884. The lowest BCUT2D eigenvalue weighted by atomic mass is 10.4. The van der Waals surface area contributed by atoms with Crippen LogP contribution in [0.5, 0.6) is 0 Å². The molecule has 1 aliphatic rings. The molecule has 0 spiro atoms. The average molecular weight is 260 g/mol. The van der Waals surface area contributed by atoms with Crippen molar-refractivity contribution in [3.8, 4) is 0 Å². The van der Waals surface area contributed by atoms with E-state index in [0.717, 1.165) is 18.5 Å². The Morgan fingerprint density at radius 3 is 2.83 bits per heavy atom. The lowest BCUT2D eigenvalue weighted by Gasteiger charge is -2.01. The summed E-state index contributed by atoms with van der Waals surface area (Å²) in [7, 11) is 0. The Morgan fingerprint density at radius 2 is 2.11 bits per heavy atom. The van der Waals surface area contributed by atoms with E-state index in [1.807, 2.05) is 12.1 Å². The summed E-state index contributed by atoms with van der Waals surface area (Å²) in [6.45, 7) is 0. The number of nitrogens with one attached hydrogen (secondary N) is 2. The number of pyridine rings is 1. The summed E-state index contributed by atoms with van der Waals surface area (Å²) < 4.78 is 0. The van der Waals surface area contributed by atoms with Gasteiger partial charge in [-0.15, -0.1) is 11.3 Å². The van der Waals surface area contributed by atoms with Gasteiger partial charge in [0, 0.05) is 29.5 Å². The van der Waals surface area contributed by atoms with Gasteiger partial charge in [0.2, 0.25) is 0 Å². The van der Waals surface area contributed by atoms with Crippen LogP contribution < -0.4 is 10.6 Å². The van der Waals surface area contributed by atoms with Gasteiger partial charge in [-0.3, -0.25) is 9.78 Å². The predicted octanol–water partition coefficient (Wildman–Crippen LogP) is 2.17. The van der Waals surface area contributed by atoms with Crippen molar-refractivity contribution in [3.63, 3.8) is 0 Å². The molecule has 0 aliphatic heterocycles. The predicted molar refractivity (Wildman–Crippen MR) is 70.1 cm³/mol. The molecule has 1 aliphatic carbocycles. The van der Waals surface area contributed by atoms with Crippen LogP contribution in [-0.4, -0.2) is 21.9 Å². The van der Waals surface area contributed by atoms with E-state index in [1.54, 1.807) is 17.8 Å². The molecule has 5 nitrogen and oxygen atoms in total. The number of aromatic nitrogens is 2. The van der Waals surface area contributed by atoms with E-state index in [2.05, 4.69) is 20.6 Å². The summed E-state index contributed by atoms with van der Waals surface area (Å²) in [6.07, 6.45) is 5.57. The zero-order valence-electron chi connectivity index (χ0n) is 9.59. The van der Waals surface area contributed by atoms with Crippen LogP contribution in [0.3, 0.4) is 0 Å². The topological polar surface area (TPSA) is 66.9 Å². The van der Waals surface area contributed by atoms with Gasteiger partial charge in [0.25, 0.3) is 5.91 Å². The fraction of sp³-hybridized carbons (Fsp3) is 0.250. The van der Waals surface area contributed by atoms with Crippen LogP contribution in [0.4, 0.5) is 10.8 Å². The van der Waals surface area contributed by atoms with Gasteiger partial charge in [-0.25, -0.2) is 4.98 Å². The second-order valence-electron chi connectivity index (χ2n) is 4.15. The molecule has 0 aromatic carbocycles. The molecular weight excluding hydrogens is 248 g/mol. The van der Waals surface area contributed by atoms with E-state index in [1.165, 1.54) is 11.3 Å². The zero-order chi connectivity index (χ0) is 12.4. The minimum absolute atomic E-state index is 0.0865. The van der Waals surface area contributed by atoms with Crippen LogP contribution in [0.15, 0.2) is 29.9 Å². The van der Waals surface area contributed by atoms with Crippen LogP contribution >= 0.6 is 11.3 Å². The maximum Gasteiger partial charge on any atom is 0.271 e. The smallest absolute Gasteiger partial charge is 0.271 e. The molecule has 2 aromatic rings. The third-order valence-corrected chi connectivity index (χ3v) is 3.34. The molecule has 6 heteroatoms. The fourth-order valence-electron chi connectivity index (χ4n) is 1.48. The van der Waals surface area contributed by atoms with Crippen LogP contribution in [0.2, 0.25) is 0 Å². The molecule has 92 valence electrons. The molecule has 0 atom stereocenters. The van der Waals surface area contributed by atoms with Gasteiger partial charge >= 0.3 is 0 Å². The van der Waals surface area contributed by atoms with Crippen LogP contribution in [0, 0.1) is 0 Å². The monoisotopic (exact) mass is 260 g/mol. The highest BCUT2D eigenvalue weighted by Crippen LogP contribution is 2.22. The number of nitrogens with zero attached hydrogens (tertiary/aromatic N) is 2. The van der Waals surface area contributed by atoms with E-state index in [-0.39, 0.29) is 5.91 Å². The van der Waals surface area contributed by atoms with Crippen molar-refractivity contribution in [2.45, 2.75) is 18.9 Å². The average Bonchev–Trinajstić information content (AvgIpc) is 3.07. The Labute approximate surface area is 108 Å². The molecule has 1 saturated carbocycles. The first-order chi connectivity index (χ1) is 8.81. The van der Waals surface area contributed by atoms with E-state index in [9.17, 15) is 4.79 Å². The first-order valence-electron chi connectivity index (χ1n) is 5.75. The maximum absolute atomic E-state index is 11.8. The van der Waals surface area contributed by atoms with E-state index in [4.69, 9.17) is 0 Å². The van der Waals surface area contributed by atoms with Crippen molar-refractivity contribution in [1.82, 2.24) is 15.3 Å². The van der Waals surface area contributed by atoms with E-state index >= 15 is 0 Å². The molecular formula is C12H12N4OS. The summed E-state index contributed by atoms with van der Waals surface area (Å²) in [5.74, 6) is -0.0865. The molecule has 2 aromatic heterocycles. The Hall–Kier alpha value is -1.95. The largest absolute Gasteiger partial charge is 0.348 e. The lowest BCUT2D eigenvalue weighted by Crippen LogP contribution is -2.25. The Morgan fingerprint density at radius 1 is 1.33 bits per heavy atom. The minimum atomic E-state index is -0.0865. The van der Waals surface area contributed by atoms with Crippen molar-refractivity contribution in [2.75, 3.05) is 5.32 Å². The highest BCUT2D eigenvalue weighted by atomic mass is 32.1. The van der Waals surface area contributed by atoms with Crippen molar-refractivity contribution in [2.24, 2.45) is 0 Å². The number of rotatable bonds is 4. The van der Waals surface area contributed by atoms with Gasteiger partial charge in [-0.2, -0.15) is 0 Å². The summed E-state index contributed by atoms with van der Waals surface area (Å²) in [5, 5.41) is 8.53. The second kappa shape index (κ2) is 4.73. The third-order valence-electron chi connectivity index (χ3n) is 2.58. The van der Waals surface area contributed by atoms with Gasteiger partial charge in [0.1, 0.15) is 5.69 Å².